The van der Waals surface area contributed by atoms with E-state index in [1.807, 2.05) is 24.1 Å². The lowest BCUT2D eigenvalue weighted by atomic mass is 10.1. The van der Waals surface area contributed by atoms with E-state index < -0.39 is 0 Å². The first-order valence-corrected chi connectivity index (χ1v) is 10.7. The maximum absolute atomic E-state index is 12.8. The highest BCUT2D eigenvalue weighted by Crippen LogP contribution is 2.15. The quantitative estimate of drug-likeness (QED) is 0.772. The molecule has 1 aromatic carbocycles. The van der Waals surface area contributed by atoms with Gasteiger partial charge >= 0.3 is 0 Å². The fourth-order valence-electron chi connectivity index (χ4n) is 4.29. The highest BCUT2D eigenvalue weighted by Gasteiger charge is 2.25. The molecule has 5 nitrogen and oxygen atoms in total. The van der Waals surface area contributed by atoms with Crippen LogP contribution in [-0.4, -0.2) is 54.5 Å². The third kappa shape index (κ3) is 6.03. The third-order valence-corrected chi connectivity index (χ3v) is 5.84. The van der Waals surface area contributed by atoms with Crippen LogP contribution in [0.1, 0.15) is 67.8 Å². The number of carbonyl (C=O) groups excluding carboxylic acids is 1. The lowest BCUT2D eigenvalue weighted by molar-refractivity contribution is 0.0783. The van der Waals surface area contributed by atoms with Crippen LogP contribution in [0.2, 0.25) is 0 Å². The molecule has 5 heteroatoms. The highest BCUT2D eigenvalue weighted by atomic mass is 16.2. The topological polar surface area (TPSA) is 47.6 Å². The summed E-state index contributed by atoms with van der Waals surface area (Å²) in [5, 5.41) is 0. The van der Waals surface area contributed by atoms with E-state index in [9.17, 15) is 4.79 Å². The normalized spacial score (nSPS) is 23.9. The summed E-state index contributed by atoms with van der Waals surface area (Å²) >= 11 is 0. The van der Waals surface area contributed by atoms with Gasteiger partial charge in [0.05, 0.1) is 0 Å². The predicted octanol–water partition coefficient (Wildman–Crippen LogP) is 3.17. The van der Waals surface area contributed by atoms with Crippen LogP contribution in [0.25, 0.3) is 0 Å². The zero-order valence-corrected chi connectivity index (χ0v) is 17.0. The highest BCUT2D eigenvalue weighted by molar-refractivity contribution is 5.94. The Morgan fingerprint density at radius 1 is 1.07 bits per heavy atom. The lowest BCUT2D eigenvalue weighted by Crippen LogP contribution is -2.41. The molecule has 0 spiro atoms. The fourth-order valence-corrected chi connectivity index (χ4v) is 4.29. The smallest absolute Gasteiger partial charge is 0.253 e. The van der Waals surface area contributed by atoms with E-state index in [0.717, 1.165) is 25.1 Å². The predicted molar refractivity (Wildman–Crippen MR) is 111 cm³/mol. The van der Waals surface area contributed by atoms with Crippen molar-refractivity contribution in [1.82, 2.24) is 20.7 Å². The average molecular weight is 373 g/mol. The lowest BCUT2D eigenvalue weighted by Gasteiger charge is -2.22. The number of likely N-dealkylation sites (N-methyl/N-ethyl adjacent to an activating group) is 1. The number of carbonyl (C=O) groups is 1. The summed E-state index contributed by atoms with van der Waals surface area (Å²) in [7, 11) is 1.91. The minimum Gasteiger partial charge on any atom is -0.340 e. The molecule has 0 radical (unpaired) electrons. The summed E-state index contributed by atoms with van der Waals surface area (Å²) < 4.78 is 0. The minimum absolute atomic E-state index is 0.108. The summed E-state index contributed by atoms with van der Waals surface area (Å²) in [6.07, 6.45) is 8.79. The average Bonchev–Trinajstić information content (AvgIpc) is 2.95. The molecule has 0 bridgehead atoms. The number of hydrazine groups is 1. The molecule has 1 aromatic rings. The van der Waals surface area contributed by atoms with Gasteiger partial charge in [0.15, 0.2) is 0 Å². The molecule has 0 saturated carbocycles. The molecule has 1 amide bonds. The maximum atomic E-state index is 12.8. The number of rotatable bonds is 7. The number of nitrogens with zero attached hydrogens (tertiary/aromatic N) is 2. The molecule has 2 atom stereocenters. The molecule has 27 heavy (non-hydrogen) atoms. The summed E-state index contributed by atoms with van der Waals surface area (Å²) in [6.45, 7) is 6.35. The van der Waals surface area contributed by atoms with Gasteiger partial charge in [-0.25, -0.2) is 0 Å². The van der Waals surface area contributed by atoms with Gasteiger partial charge in [-0.1, -0.05) is 38.3 Å². The van der Waals surface area contributed by atoms with E-state index in [4.69, 9.17) is 0 Å². The van der Waals surface area contributed by atoms with Gasteiger partial charge in [0.2, 0.25) is 0 Å². The Hall–Kier alpha value is -1.43. The molecule has 0 aromatic heterocycles. The van der Waals surface area contributed by atoms with Gasteiger partial charge in [-0.05, 0) is 56.5 Å². The zero-order chi connectivity index (χ0) is 19.1. The summed E-state index contributed by atoms with van der Waals surface area (Å²) in [4.78, 5) is 17.1. The van der Waals surface area contributed by atoms with Crippen molar-refractivity contribution in [3.05, 3.63) is 35.4 Å². The SMILES string of the molecule is CCCC1CC(CN(C)C(=O)c2ccc(CN3CCCCCC3)cc2)NN1. The molecular formula is C22H36N4O. The number of benzene rings is 1. The van der Waals surface area contributed by atoms with E-state index in [1.54, 1.807) is 0 Å². The molecule has 3 rings (SSSR count). The van der Waals surface area contributed by atoms with E-state index in [1.165, 1.54) is 57.2 Å². The van der Waals surface area contributed by atoms with Crippen molar-refractivity contribution in [2.75, 3.05) is 26.7 Å². The molecule has 150 valence electrons. The van der Waals surface area contributed by atoms with Crippen LogP contribution in [0.4, 0.5) is 0 Å². The molecule has 2 unspecified atom stereocenters. The standard InChI is InChI=1S/C22H36N4O/c1-3-8-20-15-21(24-23-20)17-25(2)22(27)19-11-9-18(10-12-19)16-26-13-6-4-5-7-14-26/h9-12,20-21,23-24H,3-8,13-17H2,1-2H3. The van der Waals surface area contributed by atoms with Crippen molar-refractivity contribution >= 4 is 5.91 Å². The van der Waals surface area contributed by atoms with Crippen LogP contribution in [0, 0.1) is 0 Å². The maximum Gasteiger partial charge on any atom is 0.253 e. The first-order valence-electron chi connectivity index (χ1n) is 10.7. The van der Waals surface area contributed by atoms with Crippen LogP contribution >= 0.6 is 0 Å². The van der Waals surface area contributed by atoms with Gasteiger partial charge in [-0.15, -0.1) is 0 Å². The molecule has 2 saturated heterocycles. The van der Waals surface area contributed by atoms with Crippen LogP contribution in [-0.2, 0) is 6.54 Å². The number of nitrogens with one attached hydrogen (secondary N) is 2. The third-order valence-electron chi connectivity index (χ3n) is 5.84. The largest absolute Gasteiger partial charge is 0.340 e. The van der Waals surface area contributed by atoms with Gasteiger partial charge in [0.1, 0.15) is 0 Å². The van der Waals surface area contributed by atoms with Crippen LogP contribution in [0.3, 0.4) is 0 Å². The Morgan fingerprint density at radius 3 is 2.41 bits per heavy atom. The Balaban J connectivity index is 1.49. The Bertz CT molecular complexity index is 580. The molecular weight excluding hydrogens is 336 g/mol. The van der Waals surface area contributed by atoms with Crippen LogP contribution in [0.15, 0.2) is 24.3 Å². The van der Waals surface area contributed by atoms with Gasteiger partial charge in [-0.2, -0.15) is 0 Å². The van der Waals surface area contributed by atoms with E-state index in [0.29, 0.717) is 12.1 Å². The molecule has 2 fully saturated rings. The summed E-state index contributed by atoms with van der Waals surface area (Å²) in [5.74, 6) is 0.108. The van der Waals surface area contributed by atoms with Crippen molar-refractivity contribution < 1.29 is 4.79 Å². The molecule has 2 aliphatic rings. The van der Waals surface area contributed by atoms with Crippen LogP contribution < -0.4 is 10.9 Å². The second-order valence-electron chi connectivity index (χ2n) is 8.28. The van der Waals surface area contributed by atoms with Gasteiger partial charge in [0, 0.05) is 37.8 Å². The molecule has 0 aliphatic carbocycles. The number of hydrogen-bond acceptors (Lipinski definition) is 4. The molecule has 2 aliphatic heterocycles. The van der Waals surface area contributed by atoms with Gasteiger partial charge < -0.3 is 4.90 Å². The van der Waals surface area contributed by atoms with Crippen molar-refractivity contribution in [3.63, 3.8) is 0 Å². The first-order chi connectivity index (χ1) is 13.2. The number of likely N-dealkylation sites (tertiary alicyclic amines) is 1. The van der Waals surface area contributed by atoms with Crippen molar-refractivity contribution in [2.45, 2.75) is 70.5 Å². The van der Waals surface area contributed by atoms with Gasteiger partial charge in [-0.3, -0.25) is 20.5 Å². The van der Waals surface area contributed by atoms with E-state index >= 15 is 0 Å². The fraction of sp³-hybridized carbons (Fsp3) is 0.682. The van der Waals surface area contributed by atoms with E-state index in [2.05, 4.69) is 34.8 Å². The summed E-state index contributed by atoms with van der Waals surface area (Å²) in [5.41, 5.74) is 8.78. The van der Waals surface area contributed by atoms with Crippen LogP contribution in [0.5, 0.6) is 0 Å². The van der Waals surface area contributed by atoms with Crippen molar-refractivity contribution in [2.24, 2.45) is 0 Å². The second-order valence-corrected chi connectivity index (χ2v) is 8.28. The number of hydrogen-bond donors (Lipinski definition) is 2. The van der Waals surface area contributed by atoms with Gasteiger partial charge in [0.25, 0.3) is 5.91 Å². The second kappa shape index (κ2) is 10.2. The molecule has 2 N–H and O–H groups in total. The summed E-state index contributed by atoms with van der Waals surface area (Å²) in [6, 6.07) is 9.09. The number of amides is 1. The Labute approximate surface area is 164 Å². The Morgan fingerprint density at radius 2 is 1.74 bits per heavy atom. The first kappa shape index (κ1) is 20.3. The minimum atomic E-state index is 0.108. The molecule has 2 heterocycles. The van der Waals surface area contributed by atoms with Crippen molar-refractivity contribution in [3.8, 4) is 0 Å². The Kier molecular flexibility index (Phi) is 7.68. The van der Waals surface area contributed by atoms with E-state index in [-0.39, 0.29) is 5.91 Å². The monoisotopic (exact) mass is 372 g/mol. The van der Waals surface area contributed by atoms with Crippen molar-refractivity contribution in [1.29, 1.82) is 0 Å². The zero-order valence-electron chi connectivity index (χ0n) is 17.0.